The van der Waals surface area contributed by atoms with Crippen LogP contribution in [0.4, 0.5) is 22.7 Å². The minimum absolute atomic E-state index is 0.00645. The molecule has 8 rings (SSSR count). The summed E-state index contributed by atoms with van der Waals surface area (Å²) in [5, 5.41) is 44.4. The van der Waals surface area contributed by atoms with Crippen LogP contribution in [0.5, 0.6) is 5.75 Å². The molecule has 55 heavy (non-hydrogen) atoms. The standard InChI is InChI=1S/C36H35F4N3O11S/c37-22-9-16(33(49)52-34-31(48)30(47)29(46)24(51-34)13-26(44)45)10-25-28(22)41-35(55-25)43-17-7-8-18(43)12-19(11-17)50-14-21-27(42-54-32(21)15-5-6-15)20-3-1-2-4-23(20)53-36(38,39)40/h1-4,9-10,15,17-19,24,29-31,34,46-48H,5-8,11-14H2,(H,44,45). The van der Waals surface area contributed by atoms with E-state index >= 15 is 4.39 Å². The quantitative estimate of drug-likeness (QED) is 0.117. The predicted molar refractivity (Wildman–Crippen MR) is 182 cm³/mol. The molecule has 4 aromatic rings. The van der Waals surface area contributed by atoms with Gasteiger partial charge < -0.3 is 48.8 Å². The zero-order valence-corrected chi connectivity index (χ0v) is 29.5. The van der Waals surface area contributed by atoms with E-state index in [1.54, 1.807) is 6.07 Å². The van der Waals surface area contributed by atoms with Gasteiger partial charge in [0.05, 0.1) is 29.4 Å². The highest BCUT2D eigenvalue weighted by atomic mass is 32.1. The van der Waals surface area contributed by atoms with Crippen LogP contribution in [-0.2, 0) is 25.6 Å². The van der Waals surface area contributed by atoms with E-state index in [0.29, 0.717) is 34.0 Å². The molecule has 0 spiro atoms. The topological polar surface area (TPSA) is 194 Å². The minimum Gasteiger partial charge on any atom is -0.481 e. The number of carbonyl (C=O) groups excluding carboxylic acids is 1. The number of ether oxygens (including phenoxy) is 4. The molecule has 5 heterocycles. The summed E-state index contributed by atoms with van der Waals surface area (Å²) in [5.74, 6) is -2.96. The number of aliphatic carboxylic acids is 1. The summed E-state index contributed by atoms with van der Waals surface area (Å²) in [7, 11) is 0. The van der Waals surface area contributed by atoms with E-state index in [1.165, 1.54) is 35.6 Å². The maximum atomic E-state index is 15.4. The molecule has 19 heteroatoms. The van der Waals surface area contributed by atoms with Gasteiger partial charge in [0.1, 0.15) is 47.1 Å². The molecule has 3 aliphatic heterocycles. The number of alkyl halides is 3. The lowest BCUT2D eigenvalue weighted by molar-refractivity contribution is -0.280. The first-order valence-corrected chi connectivity index (χ1v) is 18.5. The van der Waals surface area contributed by atoms with Crippen molar-refractivity contribution in [3.63, 3.8) is 0 Å². The minimum atomic E-state index is -4.89. The molecule has 2 bridgehead atoms. The van der Waals surface area contributed by atoms with Gasteiger partial charge in [0.25, 0.3) is 0 Å². The molecule has 4 fully saturated rings. The third-order valence-electron chi connectivity index (χ3n) is 10.4. The normalized spacial score (nSPS) is 28.1. The molecule has 4 N–H and O–H groups in total. The van der Waals surface area contributed by atoms with Gasteiger partial charge in [0.2, 0.25) is 6.29 Å². The van der Waals surface area contributed by atoms with Gasteiger partial charge in [-0.25, -0.2) is 14.2 Å². The van der Waals surface area contributed by atoms with Crippen molar-refractivity contribution in [2.45, 2.75) is 113 Å². The summed E-state index contributed by atoms with van der Waals surface area (Å²) in [6.07, 6.45) is -10.1. The SMILES string of the molecule is O=C(O)CC1OC(OC(=O)c2cc(F)c3nc(N4C5CCC4CC(OCc4c(-c6ccccc6OC(F)(F)F)noc4C4CC4)C5)sc3c2)C(O)C(O)C1O. The number of carboxylic acids is 1. The third-order valence-corrected chi connectivity index (χ3v) is 11.5. The number of nitrogens with zero attached hydrogens (tertiary/aromatic N) is 3. The molecule has 14 nitrogen and oxygen atoms in total. The first kappa shape index (κ1) is 37.5. The molecular weight excluding hydrogens is 758 g/mol. The Morgan fingerprint density at radius 2 is 1.73 bits per heavy atom. The number of fused-ring (bicyclic) bond motifs is 3. The van der Waals surface area contributed by atoms with Crippen molar-refractivity contribution in [1.82, 2.24) is 10.1 Å². The average Bonchev–Trinajstić information content (AvgIpc) is 3.64. The Bertz CT molecular complexity index is 2080. The predicted octanol–water partition coefficient (Wildman–Crippen LogP) is 5.02. The van der Waals surface area contributed by atoms with E-state index in [0.717, 1.165) is 31.7 Å². The van der Waals surface area contributed by atoms with Gasteiger partial charge in [-0.2, -0.15) is 0 Å². The van der Waals surface area contributed by atoms with Gasteiger partial charge in [-0.15, -0.1) is 13.2 Å². The highest BCUT2D eigenvalue weighted by Crippen LogP contribution is 2.47. The number of rotatable bonds is 11. The summed E-state index contributed by atoms with van der Waals surface area (Å²) < 4.78 is 82.3. The number of anilines is 1. The number of hydrogen-bond acceptors (Lipinski definition) is 14. The molecule has 0 amide bonds. The van der Waals surface area contributed by atoms with E-state index in [2.05, 4.69) is 19.8 Å². The number of esters is 1. The molecule has 294 valence electrons. The summed E-state index contributed by atoms with van der Waals surface area (Å²) in [5.41, 5.74) is 0.762. The van der Waals surface area contributed by atoms with Crippen molar-refractivity contribution in [2.75, 3.05) is 4.90 Å². The lowest BCUT2D eigenvalue weighted by Gasteiger charge is -2.39. The summed E-state index contributed by atoms with van der Waals surface area (Å²) in [6.45, 7) is 0.0725. The number of hydrogen-bond donors (Lipinski definition) is 4. The Morgan fingerprint density at radius 3 is 2.42 bits per heavy atom. The molecule has 4 aliphatic rings. The molecule has 7 unspecified atom stereocenters. The van der Waals surface area contributed by atoms with Crippen molar-refractivity contribution in [2.24, 2.45) is 0 Å². The van der Waals surface area contributed by atoms with E-state index in [1.807, 2.05) is 0 Å². The first-order valence-electron chi connectivity index (χ1n) is 17.7. The Labute approximate surface area is 313 Å². The number of thiazole rings is 1. The Balaban J connectivity index is 0.957. The van der Waals surface area contributed by atoms with Gasteiger partial charge in [-0.1, -0.05) is 28.6 Å². The van der Waals surface area contributed by atoms with Gasteiger partial charge >= 0.3 is 18.3 Å². The van der Waals surface area contributed by atoms with Crippen molar-refractivity contribution in [3.05, 3.63) is 59.1 Å². The molecule has 7 atom stereocenters. The lowest BCUT2D eigenvalue weighted by Crippen LogP contribution is -2.58. The summed E-state index contributed by atoms with van der Waals surface area (Å²) in [6, 6.07) is 8.04. The maximum absolute atomic E-state index is 15.4. The second kappa shape index (κ2) is 14.6. The third kappa shape index (κ3) is 7.60. The largest absolute Gasteiger partial charge is 0.573 e. The number of piperidine rings is 1. The number of aliphatic hydroxyl groups is 3. The monoisotopic (exact) mass is 793 g/mol. The van der Waals surface area contributed by atoms with Crippen LogP contribution in [0.1, 0.15) is 72.5 Å². The summed E-state index contributed by atoms with van der Waals surface area (Å²) >= 11 is 1.18. The van der Waals surface area contributed by atoms with Crippen molar-refractivity contribution in [3.8, 4) is 17.0 Å². The number of carboxylic acid groups (broad SMARTS) is 1. The first-order chi connectivity index (χ1) is 26.2. The molecule has 3 saturated heterocycles. The van der Waals surface area contributed by atoms with Gasteiger partial charge in [-0.3, -0.25) is 4.79 Å². The van der Waals surface area contributed by atoms with Crippen LogP contribution in [0, 0.1) is 5.82 Å². The number of para-hydroxylation sites is 1. The van der Waals surface area contributed by atoms with E-state index in [9.17, 15) is 38.1 Å². The van der Waals surface area contributed by atoms with Crippen molar-refractivity contribution >= 4 is 38.6 Å². The smallest absolute Gasteiger partial charge is 0.481 e. The fourth-order valence-corrected chi connectivity index (χ4v) is 8.89. The molecule has 1 aliphatic carbocycles. The number of halogens is 4. The van der Waals surface area contributed by atoms with Crippen molar-refractivity contribution in [1.29, 1.82) is 0 Å². The Kier molecular flexibility index (Phi) is 9.96. The highest BCUT2D eigenvalue weighted by molar-refractivity contribution is 7.22. The Hall–Kier alpha value is -4.40. The second-order valence-corrected chi connectivity index (χ2v) is 15.2. The zero-order valence-electron chi connectivity index (χ0n) is 28.7. The van der Waals surface area contributed by atoms with E-state index in [4.69, 9.17) is 23.8 Å². The number of aromatic nitrogens is 2. The zero-order chi connectivity index (χ0) is 38.8. The molecule has 1 saturated carbocycles. The molecule has 2 aromatic heterocycles. The van der Waals surface area contributed by atoms with Crippen LogP contribution < -0.4 is 9.64 Å². The average molecular weight is 794 g/mol. The van der Waals surface area contributed by atoms with Crippen LogP contribution in [0.15, 0.2) is 40.9 Å². The fourth-order valence-electron chi connectivity index (χ4n) is 7.73. The van der Waals surface area contributed by atoms with Gasteiger partial charge in [-0.05, 0) is 62.8 Å². The lowest BCUT2D eigenvalue weighted by atomic mass is 9.97. The molecular formula is C36H35F4N3O11S. The number of aliphatic hydroxyl groups excluding tert-OH is 3. The number of benzene rings is 2. The van der Waals surface area contributed by atoms with Crippen LogP contribution >= 0.6 is 11.3 Å². The van der Waals surface area contributed by atoms with E-state index in [-0.39, 0.29) is 53.0 Å². The van der Waals surface area contributed by atoms with Gasteiger partial charge in [0, 0.05) is 29.1 Å². The van der Waals surface area contributed by atoms with Gasteiger partial charge in [0.15, 0.2) is 10.9 Å². The van der Waals surface area contributed by atoms with Crippen LogP contribution in [0.25, 0.3) is 21.5 Å². The molecule has 0 radical (unpaired) electrons. The highest BCUT2D eigenvalue weighted by Gasteiger charge is 2.47. The van der Waals surface area contributed by atoms with Crippen molar-refractivity contribution < 1.29 is 71.0 Å². The van der Waals surface area contributed by atoms with Crippen LogP contribution in [0.3, 0.4) is 0 Å². The van der Waals surface area contributed by atoms with E-state index < -0.39 is 67.0 Å². The van der Waals surface area contributed by atoms with Crippen LogP contribution in [-0.4, -0.2) is 97.8 Å². The molecule has 2 aromatic carbocycles. The summed E-state index contributed by atoms with van der Waals surface area (Å²) in [4.78, 5) is 30.9. The second-order valence-electron chi connectivity index (χ2n) is 14.2. The maximum Gasteiger partial charge on any atom is 0.573 e. The van der Waals surface area contributed by atoms with Crippen LogP contribution in [0.2, 0.25) is 0 Å². The number of carbonyl (C=O) groups is 2. The fraction of sp³-hybridized carbons (Fsp3) is 0.500. The Morgan fingerprint density at radius 1 is 1.00 bits per heavy atom.